The molecule has 0 bridgehead atoms. The Hall–Kier alpha value is -4.19. The van der Waals surface area contributed by atoms with Gasteiger partial charge in [-0.1, -0.05) is 30.3 Å². The van der Waals surface area contributed by atoms with Gasteiger partial charge in [-0.25, -0.2) is 9.78 Å². The molecule has 4 N–H and O–H groups in total. The Balaban J connectivity index is 1.40. The lowest BCUT2D eigenvalue weighted by molar-refractivity contribution is -0.145. The fourth-order valence-corrected chi connectivity index (χ4v) is 4.87. The molecule has 2 aliphatic heterocycles. The predicted molar refractivity (Wildman–Crippen MR) is 144 cm³/mol. The van der Waals surface area contributed by atoms with E-state index in [-0.39, 0.29) is 57.4 Å². The minimum Gasteiger partial charge on any atom is -0.493 e. The summed E-state index contributed by atoms with van der Waals surface area (Å²) in [6, 6.07) is 10.3. The van der Waals surface area contributed by atoms with Gasteiger partial charge in [0.25, 0.3) is 0 Å². The number of nitrogens with zero attached hydrogens (tertiary/aromatic N) is 4. The van der Waals surface area contributed by atoms with Crippen molar-refractivity contribution in [2.75, 3.05) is 32.7 Å². The van der Waals surface area contributed by atoms with Crippen LogP contribution in [0.25, 0.3) is 0 Å². The molecule has 0 radical (unpaired) electrons. The maximum absolute atomic E-state index is 13.4. The van der Waals surface area contributed by atoms with E-state index in [0.29, 0.717) is 5.56 Å². The van der Waals surface area contributed by atoms with Crippen LogP contribution in [0.15, 0.2) is 48.7 Å². The van der Waals surface area contributed by atoms with Crippen LogP contribution in [0, 0.1) is 0 Å². The Morgan fingerprint density at radius 2 is 1.77 bits per heavy atom. The normalized spacial score (nSPS) is 17.8. The van der Waals surface area contributed by atoms with Crippen LogP contribution in [0.4, 0.5) is 4.79 Å². The lowest BCUT2D eigenvalue weighted by Gasteiger charge is -2.41. The molecule has 2 saturated heterocycles. The number of piperazine rings is 1. The van der Waals surface area contributed by atoms with Gasteiger partial charge in [0, 0.05) is 51.4 Å². The number of ether oxygens (including phenoxy) is 1. The summed E-state index contributed by atoms with van der Waals surface area (Å²) < 4.78 is 5.45. The molecule has 1 aromatic carbocycles. The van der Waals surface area contributed by atoms with Gasteiger partial charge in [0.1, 0.15) is 12.6 Å². The Morgan fingerprint density at radius 1 is 1.02 bits per heavy atom. The molecular weight excluding hydrogens is 516 g/mol. The molecule has 4 rings (SSSR count). The summed E-state index contributed by atoms with van der Waals surface area (Å²) in [5.74, 6) is -1.14. The standard InChI is InChI=1S/C28H36N6O6/c29-22(8-9-25(36)32-12-4-5-13-32)27(38)34-15-14-33(28(39)40-19-20-6-2-1-3-7-20)18-23(34)26(37)31-17-21-10-11-30-24(35)16-21/h1-3,6-7,10-11,16,22-23H,4-5,8-9,12-15,17-19,29H2,(H,30,35)(H,31,37). The third-order valence-corrected chi connectivity index (χ3v) is 7.15. The van der Waals surface area contributed by atoms with Crippen molar-refractivity contribution in [1.29, 1.82) is 0 Å². The molecule has 3 heterocycles. The number of benzene rings is 1. The predicted octanol–water partition coefficient (Wildman–Crippen LogP) is 0.983. The summed E-state index contributed by atoms with van der Waals surface area (Å²) in [6.07, 6.45) is 3.10. The summed E-state index contributed by atoms with van der Waals surface area (Å²) in [4.78, 5) is 60.3. The molecule has 4 amide bonds. The van der Waals surface area contributed by atoms with Crippen molar-refractivity contribution in [2.24, 2.45) is 5.73 Å². The molecule has 0 aliphatic carbocycles. The molecule has 2 aromatic rings. The first-order valence-electron chi connectivity index (χ1n) is 13.5. The SMILES string of the molecule is NC(CCC(=O)N1CCCC1)C(=O)N1CCN(C(=O)OCc2ccccc2)CC1C(=O)NCc1ccnc(O)c1. The highest BCUT2D eigenvalue weighted by atomic mass is 16.6. The van der Waals surface area contributed by atoms with Gasteiger partial charge in [-0.05, 0) is 36.5 Å². The molecule has 0 spiro atoms. The van der Waals surface area contributed by atoms with Crippen LogP contribution in [0.3, 0.4) is 0 Å². The molecule has 12 nitrogen and oxygen atoms in total. The van der Waals surface area contributed by atoms with E-state index in [9.17, 15) is 24.3 Å². The number of carbonyl (C=O) groups excluding carboxylic acids is 4. The minimum atomic E-state index is -1.01. The van der Waals surface area contributed by atoms with Crippen molar-refractivity contribution in [2.45, 2.75) is 50.9 Å². The molecule has 0 saturated carbocycles. The van der Waals surface area contributed by atoms with E-state index in [1.165, 1.54) is 22.1 Å². The number of nitrogens with two attached hydrogens (primary N) is 1. The van der Waals surface area contributed by atoms with Crippen molar-refractivity contribution >= 4 is 23.8 Å². The molecule has 1 aromatic heterocycles. The summed E-state index contributed by atoms with van der Waals surface area (Å²) in [6.45, 7) is 1.79. The number of hydrogen-bond acceptors (Lipinski definition) is 8. The van der Waals surface area contributed by atoms with Crippen molar-refractivity contribution in [3.8, 4) is 5.88 Å². The molecule has 40 heavy (non-hydrogen) atoms. The average Bonchev–Trinajstić information content (AvgIpc) is 3.52. The molecule has 2 atom stereocenters. The molecule has 2 fully saturated rings. The highest BCUT2D eigenvalue weighted by molar-refractivity contribution is 5.91. The fraction of sp³-hybridized carbons (Fsp3) is 0.464. The third-order valence-electron chi connectivity index (χ3n) is 7.15. The highest BCUT2D eigenvalue weighted by Gasteiger charge is 2.39. The van der Waals surface area contributed by atoms with Gasteiger partial charge < -0.3 is 35.6 Å². The van der Waals surface area contributed by atoms with Crippen LogP contribution in [0.5, 0.6) is 5.88 Å². The van der Waals surface area contributed by atoms with Gasteiger partial charge in [0.05, 0.1) is 12.6 Å². The van der Waals surface area contributed by atoms with Crippen molar-refractivity contribution < 1.29 is 29.0 Å². The molecule has 2 aliphatic rings. The smallest absolute Gasteiger partial charge is 0.410 e. The molecule has 12 heteroatoms. The van der Waals surface area contributed by atoms with E-state index in [2.05, 4.69) is 10.3 Å². The monoisotopic (exact) mass is 552 g/mol. The minimum absolute atomic E-state index is 0.0263. The van der Waals surface area contributed by atoms with Gasteiger partial charge in [0.2, 0.25) is 23.6 Å². The van der Waals surface area contributed by atoms with E-state index < -0.39 is 30.0 Å². The number of hydrogen-bond donors (Lipinski definition) is 3. The first kappa shape index (κ1) is 28.8. The number of amides is 4. The highest BCUT2D eigenvalue weighted by Crippen LogP contribution is 2.17. The van der Waals surface area contributed by atoms with E-state index >= 15 is 0 Å². The summed E-state index contributed by atoms with van der Waals surface area (Å²) in [5.41, 5.74) is 7.66. The number of nitrogens with one attached hydrogen (secondary N) is 1. The number of likely N-dealkylation sites (tertiary alicyclic amines) is 1. The van der Waals surface area contributed by atoms with E-state index in [1.807, 2.05) is 30.3 Å². The van der Waals surface area contributed by atoms with E-state index in [1.54, 1.807) is 11.0 Å². The zero-order valence-electron chi connectivity index (χ0n) is 22.4. The molecule has 214 valence electrons. The van der Waals surface area contributed by atoms with Gasteiger partial charge in [-0.2, -0.15) is 0 Å². The number of aromatic nitrogens is 1. The van der Waals surface area contributed by atoms with Crippen LogP contribution in [0.1, 0.15) is 36.8 Å². The third kappa shape index (κ3) is 7.69. The second kappa shape index (κ2) is 13.7. The Bertz CT molecular complexity index is 1190. The number of aromatic hydroxyl groups is 1. The maximum Gasteiger partial charge on any atom is 0.410 e. The van der Waals surface area contributed by atoms with Crippen LogP contribution < -0.4 is 11.1 Å². The number of rotatable bonds is 9. The molecular formula is C28H36N6O6. The Labute approximate surface area is 233 Å². The lowest BCUT2D eigenvalue weighted by Crippen LogP contribution is -2.63. The largest absolute Gasteiger partial charge is 0.493 e. The Kier molecular flexibility index (Phi) is 9.90. The van der Waals surface area contributed by atoms with Gasteiger partial charge in [-0.3, -0.25) is 14.4 Å². The summed E-state index contributed by atoms with van der Waals surface area (Å²) in [7, 11) is 0. The maximum atomic E-state index is 13.4. The quantitative estimate of drug-likeness (QED) is 0.415. The lowest BCUT2D eigenvalue weighted by atomic mass is 10.1. The molecule has 2 unspecified atom stereocenters. The topological polar surface area (TPSA) is 158 Å². The van der Waals surface area contributed by atoms with Crippen LogP contribution in [-0.4, -0.2) is 93.4 Å². The second-order valence-electron chi connectivity index (χ2n) is 10.0. The number of carbonyl (C=O) groups is 4. The Morgan fingerprint density at radius 3 is 2.50 bits per heavy atom. The van der Waals surface area contributed by atoms with E-state index in [0.717, 1.165) is 31.5 Å². The van der Waals surface area contributed by atoms with E-state index in [4.69, 9.17) is 10.5 Å². The zero-order valence-corrected chi connectivity index (χ0v) is 22.4. The number of pyridine rings is 1. The van der Waals surface area contributed by atoms with Crippen LogP contribution >= 0.6 is 0 Å². The van der Waals surface area contributed by atoms with Gasteiger partial charge >= 0.3 is 6.09 Å². The summed E-state index contributed by atoms with van der Waals surface area (Å²) >= 11 is 0. The van der Waals surface area contributed by atoms with Crippen LogP contribution in [-0.2, 0) is 32.3 Å². The van der Waals surface area contributed by atoms with Crippen molar-refractivity contribution in [3.05, 3.63) is 59.8 Å². The first-order chi connectivity index (χ1) is 19.3. The zero-order chi connectivity index (χ0) is 28.5. The fourth-order valence-electron chi connectivity index (χ4n) is 4.87. The first-order valence-corrected chi connectivity index (χ1v) is 13.5. The van der Waals surface area contributed by atoms with Gasteiger partial charge in [0.15, 0.2) is 0 Å². The van der Waals surface area contributed by atoms with Crippen LogP contribution in [0.2, 0.25) is 0 Å². The van der Waals surface area contributed by atoms with Crippen molar-refractivity contribution in [1.82, 2.24) is 25.0 Å². The van der Waals surface area contributed by atoms with Gasteiger partial charge in [-0.15, -0.1) is 0 Å². The second-order valence-corrected chi connectivity index (χ2v) is 10.0. The van der Waals surface area contributed by atoms with Crippen molar-refractivity contribution in [3.63, 3.8) is 0 Å². The summed E-state index contributed by atoms with van der Waals surface area (Å²) in [5, 5.41) is 12.4. The average molecular weight is 553 g/mol.